The minimum atomic E-state index is -0.820. The summed E-state index contributed by atoms with van der Waals surface area (Å²) in [5.74, 6) is 0.468. The quantitative estimate of drug-likeness (QED) is 0.502. The van der Waals surface area contributed by atoms with Gasteiger partial charge in [0, 0.05) is 0 Å². The van der Waals surface area contributed by atoms with Gasteiger partial charge in [-0.25, -0.2) is 0 Å². The molecule has 1 fully saturated rings. The van der Waals surface area contributed by atoms with E-state index in [-0.39, 0.29) is 0 Å². The van der Waals surface area contributed by atoms with Crippen LogP contribution in [-0.4, -0.2) is 21.9 Å². The zero-order valence-corrected chi connectivity index (χ0v) is 5.96. The molecule has 54 valence electrons. The number of hydrogen-bond donors (Lipinski definition) is 2. The van der Waals surface area contributed by atoms with E-state index in [0.717, 1.165) is 12.8 Å². The molecular formula is C7H14O2. The molecule has 9 heavy (non-hydrogen) atoms. The summed E-state index contributed by atoms with van der Waals surface area (Å²) in [5, 5.41) is 18.6. The zero-order chi connectivity index (χ0) is 7.07. The van der Waals surface area contributed by atoms with Crippen LogP contribution in [0.4, 0.5) is 0 Å². The fraction of sp³-hybridized carbons (Fsp3) is 1.00. The van der Waals surface area contributed by atoms with Crippen molar-refractivity contribution in [2.75, 3.05) is 0 Å². The maximum Gasteiger partial charge on any atom is 0.0880 e. The second kappa shape index (κ2) is 1.96. The topological polar surface area (TPSA) is 40.5 Å². The van der Waals surface area contributed by atoms with Gasteiger partial charge in [0.15, 0.2) is 0 Å². The molecule has 0 aromatic heterocycles. The highest BCUT2D eigenvalue weighted by molar-refractivity contribution is 4.91. The molecule has 2 nitrogen and oxygen atoms in total. The van der Waals surface area contributed by atoms with Crippen LogP contribution in [0.2, 0.25) is 0 Å². The fourth-order valence-corrected chi connectivity index (χ4v) is 1.56. The predicted octanol–water partition coefficient (Wildman–Crippen LogP) is 0.528. The first kappa shape index (κ1) is 7.03. The van der Waals surface area contributed by atoms with Crippen molar-refractivity contribution in [2.45, 2.75) is 38.4 Å². The van der Waals surface area contributed by atoms with Gasteiger partial charge in [0.25, 0.3) is 0 Å². The van der Waals surface area contributed by atoms with E-state index in [2.05, 4.69) is 0 Å². The number of hydrogen-bond acceptors (Lipinski definition) is 2. The van der Waals surface area contributed by atoms with E-state index in [1.54, 1.807) is 6.92 Å². The monoisotopic (exact) mass is 130 g/mol. The molecule has 2 heteroatoms. The molecule has 1 saturated carbocycles. The summed E-state index contributed by atoms with van der Waals surface area (Å²) in [5.41, 5.74) is -0.820. The maximum absolute atomic E-state index is 9.38. The number of rotatable bonds is 0. The summed E-state index contributed by atoms with van der Waals surface area (Å²) in [6.45, 7) is 3.74. The fourth-order valence-electron chi connectivity index (χ4n) is 1.56. The van der Waals surface area contributed by atoms with Crippen molar-refractivity contribution in [3.63, 3.8) is 0 Å². The Morgan fingerprint density at radius 2 is 2.11 bits per heavy atom. The van der Waals surface area contributed by atoms with Crippen LogP contribution in [0.25, 0.3) is 0 Å². The minimum absolute atomic E-state index is 0.468. The van der Waals surface area contributed by atoms with Gasteiger partial charge in [-0.2, -0.15) is 0 Å². The summed E-state index contributed by atoms with van der Waals surface area (Å²) < 4.78 is 0. The lowest BCUT2D eigenvalue weighted by atomic mass is 10.0. The molecule has 1 aliphatic carbocycles. The lowest BCUT2D eigenvalue weighted by molar-refractivity contribution is -0.0385. The third kappa shape index (κ3) is 1.25. The normalized spacial score (nSPS) is 52.0. The summed E-state index contributed by atoms with van der Waals surface area (Å²) in [4.78, 5) is 0. The lowest BCUT2D eigenvalue weighted by Crippen LogP contribution is -2.33. The molecule has 0 aromatic rings. The highest BCUT2D eigenvalue weighted by atomic mass is 16.3. The van der Waals surface area contributed by atoms with E-state index < -0.39 is 11.7 Å². The molecule has 1 aliphatic rings. The van der Waals surface area contributed by atoms with Gasteiger partial charge in [-0.05, 0) is 25.7 Å². The summed E-state index contributed by atoms with van der Waals surface area (Å²) in [6.07, 6.45) is 0.966. The molecule has 1 rings (SSSR count). The Balaban J connectivity index is 2.58. The van der Waals surface area contributed by atoms with Crippen molar-refractivity contribution in [3.8, 4) is 0 Å². The van der Waals surface area contributed by atoms with E-state index in [1.807, 2.05) is 6.92 Å². The summed E-state index contributed by atoms with van der Waals surface area (Å²) >= 11 is 0. The number of aliphatic hydroxyl groups is 2. The van der Waals surface area contributed by atoms with Gasteiger partial charge < -0.3 is 10.2 Å². The Kier molecular flexibility index (Phi) is 1.53. The highest BCUT2D eigenvalue weighted by Gasteiger charge is 2.39. The molecule has 0 saturated heterocycles. The number of aliphatic hydroxyl groups excluding tert-OH is 1. The summed E-state index contributed by atoms with van der Waals surface area (Å²) in [6, 6.07) is 0. The second-order valence-electron chi connectivity index (χ2n) is 3.42. The van der Waals surface area contributed by atoms with Crippen LogP contribution >= 0.6 is 0 Å². The average Bonchev–Trinajstić information content (AvgIpc) is 1.79. The molecule has 0 aromatic carbocycles. The van der Waals surface area contributed by atoms with Crippen LogP contribution in [-0.2, 0) is 0 Å². The largest absolute Gasteiger partial charge is 0.390 e. The van der Waals surface area contributed by atoms with Crippen molar-refractivity contribution in [1.29, 1.82) is 0 Å². The molecule has 0 heterocycles. The van der Waals surface area contributed by atoms with Crippen molar-refractivity contribution >= 4 is 0 Å². The standard InChI is InChI=1S/C7H14O2/c1-5-3-6(8)7(2,9)4-5/h5-6,8-9H,3-4H2,1-2H3. The first-order valence-electron chi connectivity index (χ1n) is 3.43. The van der Waals surface area contributed by atoms with Crippen LogP contribution in [0.15, 0.2) is 0 Å². The Morgan fingerprint density at radius 1 is 1.56 bits per heavy atom. The Hall–Kier alpha value is -0.0800. The molecule has 0 aliphatic heterocycles. The van der Waals surface area contributed by atoms with Gasteiger partial charge in [-0.1, -0.05) is 6.92 Å². The van der Waals surface area contributed by atoms with Gasteiger partial charge in [0.05, 0.1) is 11.7 Å². The molecule has 0 radical (unpaired) electrons. The highest BCUT2D eigenvalue weighted by Crippen LogP contribution is 2.33. The van der Waals surface area contributed by atoms with Gasteiger partial charge >= 0.3 is 0 Å². The molecule has 2 N–H and O–H groups in total. The SMILES string of the molecule is CC1CC(O)C(C)(O)C1. The van der Waals surface area contributed by atoms with Crippen LogP contribution in [0, 0.1) is 5.92 Å². The van der Waals surface area contributed by atoms with Crippen LogP contribution < -0.4 is 0 Å². The minimum Gasteiger partial charge on any atom is -0.390 e. The third-order valence-electron chi connectivity index (χ3n) is 2.11. The van der Waals surface area contributed by atoms with E-state index in [4.69, 9.17) is 0 Å². The van der Waals surface area contributed by atoms with E-state index >= 15 is 0 Å². The Bertz CT molecular complexity index is 109. The Morgan fingerprint density at radius 3 is 2.22 bits per heavy atom. The molecule has 3 unspecified atom stereocenters. The van der Waals surface area contributed by atoms with E-state index in [9.17, 15) is 10.2 Å². The predicted molar refractivity (Wildman–Crippen MR) is 35.0 cm³/mol. The van der Waals surface area contributed by atoms with Gasteiger partial charge in [-0.3, -0.25) is 0 Å². The van der Waals surface area contributed by atoms with Gasteiger partial charge in [-0.15, -0.1) is 0 Å². The Labute approximate surface area is 55.5 Å². The molecule has 3 atom stereocenters. The van der Waals surface area contributed by atoms with Crippen LogP contribution in [0.5, 0.6) is 0 Å². The summed E-state index contributed by atoms with van der Waals surface area (Å²) in [7, 11) is 0. The van der Waals surface area contributed by atoms with Crippen molar-refractivity contribution < 1.29 is 10.2 Å². The first-order valence-corrected chi connectivity index (χ1v) is 3.43. The van der Waals surface area contributed by atoms with Gasteiger partial charge in [0.1, 0.15) is 0 Å². The van der Waals surface area contributed by atoms with E-state index in [0.29, 0.717) is 5.92 Å². The average molecular weight is 130 g/mol. The van der Waals surface area contributed by atoms with Gasteiger partial charge in [0.2, 0.25) is 0 Å². The zero-order valence-electron chi connectivity index (χ0n) is 5.96. The van der Waals surface area contributed by atoms with Crippen molar-refractivity contribution in [2.24, 2.45) is 5.92 Å². The van der Waals surface area contributed by atoms with Crippen molar-refractivity contribution in [3.05, 3.63) is 0 Å². The van der Waals surface area contributed by atoms with Crippen LogP contribution in [0.3, 0.4) is 0 Å². The second-order valence-corrected chi connectivity index (χ2v) is 3.42. The molecule has 0 spiro atoms. The maximum atomic E-state index is 9.38. The first-order chi connectivity index (χ1) is 4.02. The smallest absolute Gasteiger partial charge is 0.0880 e. The lowest BCUT2D eigenvalue weighted by Gasteiger charge is -2.19. The van der Waals surface area contributed by atoms with E-state index in [1.165, 1.54) is 0 Å². The molecular weight excluding hydrogens is 116 g/mol. The molecule has 0 bridgehead atoms. The molecule has 0 amide bonds. The third-order valence-corrected chi connectivity index (χ3v) is 2.11. The van der Waals surface area contributed by atoms with Crippen LogP contribution in [0.1, 0.15) is 26.7 Å². The van der Waals surface area contributed by atoms with Crippen molar-refractivity contribution in [1.82, 2.24) is 0 Å².